The molecule has 7 nitrogen and oxygen atoms in total. The summed E-state index contributed by atoms with van der Waals surface area (Å²) in [6.45, 7) is 6.63. The van der Waals surface area contributed by atoms with Gasteiger partial charge in [0.1, 0.15) is 5.82 Å². The standard InChI is InChI=1S/C17H24F3N5O2/c1-12(2)9-22-16(27)23-15(26)11-24-5-7-25(8-6-24)14-4-3-13(10-21-14)17(18,19)20/h3-4,10,12H,5-9,11H2,1-2H3,(H2,22,23,26,27). The molecule has 2 rings (SSSR count). The Balaban J connectivity index is 1.76. The highest BCUT2D eigenvalue weighted by molar-refractivity contribution is 5.95. The maximum absolute atomic E-state index is 12.6. The van der Waals surface area contributed by atoms with Gasteiger partial charge in [-0.1, -0.05) is 13.8 Å². The third kappa shape index (κ3) is 6.70. The molecule has 1 fully saturated rings. The van der Waals surface area contributed by atoms with E-state index < -0.39 is 23.7 Å². The smallest absolute Gasteiger partial charge is 0.354 e. The van der Waals surface area contributed by atoms with Crippen molar-refractivity contribution in [2.75, 3.05) is 44.2 Å². The monoisotopic (exact) mass is 387 g/mol. The lowest BCUT2D eigenvalue weighted by atomic mass is 10.2. The molecule has 1 saturated heterocycles. The van der Waals surface area contributed by atoms with Crippen LogP contribution in [-0.4, -0.2) is 61.1 Å². The zero-order valence-electron chi connectivity index (χ0n) is 15.3. The van der Waals surface area contributed by atoms with Crippen molar-refractivity contribution < 1.29 is 22.8 Å². The molecule has 2 heterocycles. The maximum Gasteiger partial charge on any atom is 0.417 e. The van der Waals surface area contributed by atoms with Crippen LogP contribution in [0.3, 0.4) is 0 Å². The summed E-state index contributed by atoms with van der Waals surface area (Å²) in [4.78, 5) is 31.1. The summed E-state index contributed by atoms with van der Waals surface area (Å²) >= 11 is 0. The van der Waals surface area contributed by atoms with Crippen LogP contribution in [0, 0.1) is 5.92 Å². The minimum absolute atomic E-state index is 0.0867. The summed E-state index contributed by atoms with van der Waals surface area (Å²) in [6, 6.07) is 1.85. The van der Waals surface area contributed by atoms with E-state index in [1.54, 1.807) is 0 Å². The van der Waals surface area contributed by atoms with Gasteiger partial charge in [0.05, 0.1) is 12.1 Å². The number of urea groups is 1. The first kappa shape index (κ1) is 20.9. The number of rotatable bonds is 5. The number of amides is 3. The summed E-state index contributed by atoms with van der Waals surface area (Å²) in [5.74, 6) is 0.371. The van der Waals surface area contributed by atoms with Gasteiger partial charge >= 0.3 is 12.2 Å². The molecule has 1 aromatic heterocycles. The van der Waals surface area contributed by atoms with Crippen molar-refractivity contribution in [1.29, 1.82) is 0 Å². The zero-order valence-corrected chi connectivity index (χ0v) is 15.3. The molecule has 3 amide bonds. The number of alkyl halides is 3. The summed E-state index contributed by atoms with van der Waals surface area (Å²) in [5, 5.41) is 4.89. The van der Waals surface area contributed by atoms with Gasteiger partial charge in [0, 0.05) is 38.9 Å². The van der Waals surface area contributed by atoms with E-state index in [1.165, 1.54) is 6.07 Å². The molecular weight excluding hydrogens is 363 g/mol. The molecule has 0 aromatic carbocycles. The lowest BCUT2D eigenvalue weighted by molar-refractivity contribution is -0.137. The molecule has 0 saturated carbocycles. The number of imide groups is 1. The fourth-order valence-corrected chi connectivity index (χ4v) is 2.59. The van der Waals surface area contributed by atoms with E-state index in [9.17, 15) is 22.8 Å². The van der Waals surface area contributed by atoms with Gasteiger partial charge in [-0.2, -0.15) is 13.2 Å². The Bertz CT molecular complexity index is 641. The summed E-state index contributed by atoms with van der Waals surface area (Å²) in [6.07, 6.45) is -3.58. The first-order chi connectivity index (χ1) is 12.6. The number of nitrogens with one attached hydrogen (secondary N) is 2. The molecule has 0 atom stereocenters. The molecule has 10 heteroatoms. The number of carbonyl (C=O) groups is 2. The molecule has 1 aromatic rings. The van der Waals surface area contributed by atoms with Crippen molar-refractivity contribution in [1.82, 2.24) is 20.5 Å². The highest BCUT2D eigenvalue weighted by Gasteiger charge is 2.31. The van der Waals surface area contributed by atoms with Crippen LogP contribution in [0.25, 0.3) is 0 Å². The minimum Gasteiger partial charge on any atom is -0.354 e. The molecule has 27 heavy (non-hydrogen) atoms. The van der Waals surface area contributed by atoms with E-state index in [0.29, 0.717) is 38.5 Å². The summed E-state index contributed by atoms with van der Waals surface area (Å²) < 4.78 is 37.8. The number of hydrogen-bond donors (Lipinski definition) is 2. The molecule has 1 aliphatic heterocycles. The molecule has 0 radical (unpaired) electrons. The first-order valence-electron chi connectivity index (χ1n) is 8.73. The Morgan fingerprint density at radius 2 is 1.85 bits per heavy atom. The number of anilines is 1. The second-order valence-electron chi connectivity index (χ2n) is 6.82. The third-order valence-electron chi connectivity index (χ3n) is 4.06. The van der Waals surface area contributed by atoms with Gasteiger partial charge in [0.25, 0.3) is 0 Å². The SMILES string of the molecule is CC(C)CNC(=O)NC(=O)CN1CCN(c2ccc(C(F)(F)F)cn2)CC1. The van der Waals surface area contributed by atoms with E-state index in [4.69, 9.17) is 0 Å². The van der Waals surface area contributed by atoms with E-state index in [2.05, 4.69) is 15.6 Å². The number of aromatic nitrogens is 1. The highest BCUT2D eigenvalue weighted by atomic mass is 19.4. The van der Waals surface area contributed by atoms with Crippen LogP contribution in [-0.2, 0) is 11.0 Å². The Labute approximate surface area is 155 Å². The normalized spacial score (nSPS) is 15.7. The van der Waals surface area contributed by atoms with Gasteiger partial charge in [-0.25, -0.2) is 9.78 Å². The fraction of sp³-hybridized carbons (Fsp3) is 0.588. The predicted molar refractivity (Wildman–Crippen MR) is 94.3 cm³/mol. The maximum atomic E-state index is 12.6. The largest absolute Gasteiger partial charge is 0.417 e. The number of piperazine rings is 1. The molecule has 0 spiro atoms. The second-order valence-corrected chi connectivity index (χ2v) is 6.82. The van der Waals surface area contributed by atoms with Crippen LogP contribution >= 0.6 is 0 Å². The number of pyridine rings is 1. The van der Waals surface area contributed by atoms with Crippen LogP contribution in [0.1, 0.15) is 19.4 Å². The lowest BCUT2D eigenvalue weighted by Crippen LogP contribution is -2.51. The van der Waals surface area contributed by atoms with E-state index in [1.807, 2.05) is 23.6 Å². The fourth-order valence-electron chi connectivity index (χ4n) is 2.59. The number of nitrogens with zero attached hydrogens (tertiary/aromatic N) is 3. The predicted octanol–water partition coefficient (Wildman–Crippen LogP) is 1.70. The van der Waals surface area contributed by atoms with Crippen LogP contribution in [0.15, 0.2) is 18.3 Å². The molecule has 2 N–H and O–H groups in total. The Kier molecular flexibility index (Phi) is 7.00. The van der Waals surface area contributed by atoms with Crippen LogP contribution in [0.2, 0.25) is 0 Å². The summed E-state index contributed by atoms with van der Waals surface area (Å²) in [7, 11) is 0. The van der Waals surface area contributed by atoms with Crippen molar-refractivity contribution in [3.05, 3.63) is 23.9 Å². The lowest BCUT2D eigenvalue weighted by Gasteiger charge is -2.35. The topological polar surface area (TPSA) is 77.6 Å². The molecule has 150 valence electrons. The quantitative estimate of drug-likeness (QED) is 0.804. The van der Waals surface area contributed by atoms with Crippen LogP contribution in [0.5, 0.6) is 0 Å². The number of carbonyl (C=O) groups excluding carboxylic acids is 2. The minimum atomic E-state index is -4.40. The molecule has 0 bridgehead atoms. The van der Waals surface area contributed by atoms with Gasteiger partial charge in [-0.15, -0.1) is 0 Å². The van der Waals surface area contributed by atoms with Crippen LogP contribution < -0.4 is 15.5 Å². The van der Waals surface area contributed by atoms with E-state index >= 15 is 0 Å². The average Bonchev–Trinajstić information content (AvgIpc) is 2.60. The molecule has 1 aliphatic rings. The molecule has 0 unspecified atom stereocenters. The number of hydrogen-bond acceptors (Lipinski definition) is 5. The molecule has 0 aliphatic carbocycles. The van der Waals surface area contributed by atoms with Gasteiger partial charge in [-0.3, -0.25) is 15.0 Å². The van der Waals surface area contributed by atoms with E-state index in [0.717, 1.165) is 12.3 Å². The van der Waals surface area contributed by atoms with Crippen molar-refractivity contribution in [3.8, 4) is 0 Å². The van der Waals surface area contributed by atoms with E-state index in [-0.39, 0.29) is 12.5 Å². The Hall–Kier alpha value is -2.36. The van der Waals surface area contributed by atoms with Gasteiger partial charge in [0.15, 0.2) is 0 Å². The third-order valence-corrected chi connectivity index (χ3v) is 4.06. The second kappa shape index (κ2) is 9.03. The zero-order chi connectivity index (χ0) is 20.0. The number of halogens is 3. The van der Waals surface area contributed by atoms with Crippen LogP contribution in [0.4, 0.5) is 23.8 Å². The first-order valence-corrected chi connectivity index (χ1v) is 8.73. The van der Waals surface area contributed by atoms with Crippen molar-refractivity contribution in [3.63, 3.8) is 0 Å². The van der Waals surface area contributed by atoms with Gasteiger partial charge < -0.3 is 10.2 Å². The summed E-state index contributed by atoms with van der Waals surface area (Å²) in [5.41, 5.74) is -0.780. The Morgan fingerprint density at radius 3 is 2.37 bits per heavy atom. The molecular formula is C17H24F3N5O2. The average molecular weight is 387 g/mol. The van der Waals surface area contributed by atoms with Crippen molar-refractivity contribution >= 4 is 17.8 Å². The highest BCUT2D eigenvalue weighted by Crippen LogP contribution is 2.29. The van der Waals surface area contributed by atoms with Crippen molar-refractivity contribution in [2.24, 2.45) is 5.92 Å². The van der Waals surface area contributed by atoms with Crippen molar-refractivity contribution in [2.45, 2.75) is 20.0 Å². The Morgan fingerprint density at radius 1 is 1.19 bits per heavy atom. The van der Waals surface area contributed by atoms with Gasteiger partial charge in [0.2, 0.25) is 5.91 Å². The van der Waals surface area contributed by atoms with Gasteiger partial charge in [-0.05, 0) is 18.1 Å².